The number of nitrogens with two attached hydrogens (primary N) is 1. The number of rotatable bonds is 2. The van der Waals surface area contributed by atoms with Crippen LogP contribution < -0.4 is 10.6 Å². The molecule has 2 aromatic heterocycles. The van der Waals surface area contributed by atoms with Crippen molar-refractivity contribution >= 4 is 28.3 Å². The van der Waals surface area contributed by atoms with E-state index < -0.39 is 6.03 Å². The largest absolute Gasteiger partial charge is 0.351 e. The van der Waals surface area contributed by atoms with Crippen molar-refractivity contribution < 1.29 is 4.79 Å². The highest BCUT2D eigenvalue weighted by molar-refractivity contribution is 6.00. The molecule has 2 N–H and O–H groups in total. The van der Waals surface area contributed by atoms with Crippen molar-refractivity contribution in [3.63, 3.8) is 0 Å². The van der Waals surface area contributed by atoms with Crippen LogP contribution in [0.25, 0.3) is 10.9 Å². The maximum absolute atomic E-state index is 11.8. The lowest BCUT2D eigenvalue weighted by Crippen LogP contribution is -2.31. The number of primary amides is 1. The van der Waals surface area contributed by atoms with Crippen molar-refractivity contribution in [2.45, 2.75) is 0 Å². The molecule has 2 heterocycles. The van der Waals surface area contributed by atoms with Crippen molar-refractivity contribution in [1.82, 2.24) is 9.55 Å². The molecule has 0 saturated carbocycles. The van der Waals surface area contributed by atoms with Crippen molar-refractivity contribution in [2.24, 2.45) is 12.8 Å². The first-order valence-corrected chi connectivity index (χ1v) is 6.21. The minimum absolute atomic E-state index is 0.534. The topological polar surface area (TPSA) is 64.2 Å². The van der Waals surface area contributed by atoms with E-state index in [1.165, 1.54) is 4.90 Å². The Morgan fingerprint density at radius 2 is 2.10 bits per heavy atom. The molecule has 0 radical (unpaired) electrons. The maximum Gasteiger partial charge on any atom is 0.323 e. The standard InChI is InChI=1S/C15H14N4O/c1-18-8-6-11-9-12(4-5-14(11)18)19(15(16)20)13-3-2-7-17-10-13/h2-10H,1H3,(H2,16,20). The molecule has 1 aromatic carbocycles. The van der Waals surface area contributed by atoms with Gasteiger partial charge in [0, 0.05) is 30.3 Å². The zero-order valence-electron chi connectivity index (χ0n) is 11.0. The number of amides is 2. The first-order chi connectivity index (χ1) is 9.66. The zero-order valence-corrected chi connectivity index (χ0v) is 11.0. The number of anilines is 2. The molecule has 0 aliphatic carbocycles. The third-order valence-electron chi connectivity index (χ3n) is 3.25. The lowest BCUT2D eigenvalue weighted by Gasteiger charge is -2.20. The molecule has 0 unspecified atom stereocenters. The van der Waals surface area contributed by atoms with Crippen LogP contribution >= 0.6 is 0 Å². The van der Waals surface area contributed by atoms with E-state index in [9.17, 15) is 4.79 Å². The molecule has 3 rings (SSSR count). The van der Waals surface area contributed by atoms with E-state index in [2.05, 4.69) is 4.98 Å². The molecule has 100 valence electrons. The van der Waals surface area contributed by atoms with Gasteiger partial charge >= 0.3 is 6.03 Å². The molecule has 0 atom stereocenters. The lowest BCUT2D eigenvalue weighted by molar-refractivity contribution is 0.256. The van der Waals surface area contributed by atoms with Crippen molar-refractivity contribution in [3.8, 4) is 0 Å². The third-order valence-corrected chi connectivity index (χ3v) is 3.25. The Morgan fingerprint density at radius 1 is 1.25 bits per heavy atom. The molecule has 0 aliphatic heterocycles. The number of hydrogen-bond acceptors (Lipinski definition) is 2. The van der Waals surface area contributed by atoms with Crippen LogP contribution in [0.3, 0.4) is 0 Å². The van der Waals surface area contributed by atoms with Gasteiger partial charge in [-0.05, 0) is 36.4 Å². The molecule has 0 saturated heterocycles. The van der Waals surface area contributed by atoms with Crippen LogP contribution in [0, 0.1) is 0 Å². The quantitative estimate of drug-likeness (QED) is 0.775. The Kier molecular flexibility index (Phi) is 2.87. The number of nitrogens with zero attached hydrogens (tertiary/aromatic N) is 3. The first-order valence-electron chi connectivity index (χ1n) is 6.21. The molecule has 5 heteroatoms. The van der Waals surface area contributed by atoms with Gasteiger partial charge in [-0.3, -0.25) is 9.88 Å². The van der Waals surface area contributed by atoms with Gasteiger partial charge in [0.15, 0.2) is 0 Å². The Morgan fingerprint density at radius 3 is 2.80 bits per heavy atom. The molecule has 0 spiro atoms. The minimum atomic E-state index is -0.534. The number of fused-ring (bicyclic) bond motifs is 1. The summed E-state index contributed by atoms with van der Waals surface area (Å²) in [5, 5.41) is 1.06. The fourth-order valence-electron chi connectivity index (χ4n) is 2.30. The van der Waals surface area contributed by atoms with Crippen LogP contribution in [-0.2, 0) is 7.05 Å². The summed E-state index contributed by atoms with van der Waals surface area (Å²) in [5.74, 6) is 0. The first kappa shape index (κ1) is 12.2. The molecule has 20 heavy (non-hydrogen) atoms. The van der Waals surface area contributed by atoms with E-state index in [1.807, 2.05) is 42.1 Å². The van der Waals surface area contributed by atoms with Gasteiger partial charge in [-0.15, -0.1) is 0 Å². The van der Waals surface area contributed by atoms with Crippen LogP contribution in [0.1, 0.15) is 0 Å². The molecular formula is C15H14N4O. The van der Waals surface area contributed by atoms with E-state index >= 15 is 0 Å². The summed E-state index contributed by atoms with van der Waals surface area (Å²) in [7, 11) is 1.98. The van der Waals surface area contributed by atoms with E-state index in [1.54, 1.807) is 24.5 Å². The van der Waals surface area contributed by atoms with Crippen LogP contribution in [-0.4, -0.2) is 15.6 Å². The maximum atomic E-state index is 11.8. The second kappa shape index (κ2) is 4.70. The number of urea groups is 1. The highest BCUT2D eigenvalue weighted by Crippen LogP contribution is 2.28. The summed E-state index contributed by atoms with van der Waals surface area (Å²) >= 11 is 0. The lowest BCUT2D eigenvalue weighted by atomic mass is 10.2. The third kappa shape index (κ3) is 1.99. The summed E-state index contributed by atoms with van der Waals surface area (Å²) in [4.78, 5) is 17.2. The molecule has 0 bridgehead atoms. The number of aryl methyl sites for hydroxylation is 1. The molecule has 2 amide bonds. The van der Waals surface area contributed by atoms with E-state index in [0.717, 1.165) is 16.6 Å². The van der Waals surface area contributed by atoms with Gasteiger partial charge in [0.1, 0.15) is 0 Å². The summed E-state index contributed by atoms with van der Waals surface area (Å²) in [6.07, 6.45) is 5.25. The summed E-state index contributed by atoms with van der Waals surface area (Å²) in [6, 6.07) is 10.8. The smallest absolute Gasteiger partial charge is 0.323 e. The van der Waals surface area contributed by atoms with Crippen molar-refractivity contribution in [1.29, 1.82) is 0 Å². The Bertz CT molecular complexity index is 764. The van der Waals surface area contributed by atoms with Crippen LogP contribution in [0.4, 0.5) is 16.2 Å². The fraction of sp³-hybridized carbons (Fsp3) is 0.0667. The zero-order chi connectivity index (χ0) is 14.1. The van der Waals surface area contributed by atoms with Crippen LogP contribution in [0.15, 0.2) is 55.0 Å². The molecule has 0 fully saturated rings. The van der Waals surface area contributed by atoms with Crippen molar-refractivity contribution in [2.75, 3.05) is 4.90 Å². The second-order valence-corrected chi connectivity index (χ2v) is 4.55. The Hall–Kier alpha value is -2.82. The van der Waals surface area contributed by atoms with Gasteiger partial charge in [-0.1, -0.05) is 0 Å². The van der Waals surface area contributed by atoms with E-state index in [4.69, 9.17) is 5.73 Å². The SMILES string of the molecule is Cn1ccc2cc(N(C(N)=O)c3cccnc3)ccc21. The minimum Gasteiger partial charge on any atom is -0.351 e. The number of pyridine rings is 1. The molecular weight excluding hydrogens is 252 g/mol. The number of carbonyl (C=O) groups is 1. The van der Waals surface area contributed by atoms with Crippen LogP contribution in [0.2, 0.25) is 0 Å². The van der Waals surface area contributed by atoms with E-state index in [0.29, 0.717) is 5.69 Å². The number of carbonyl (C=O) groups excluding carboxylic acids is 1. The fourth-order valence-corrected chi connectivity index (χ4v) is 2.30. The highest BCUT2D eigenvalue weighted by Gasteiger charge is 2.15. The summed E-state index contributed by atoms with van der Waals surface area (Å²) in [5.41, 5.74) is 7.98. The van der Waals surface area contributed by atoms with Gasteiger partial charge in [0.2, 0.25) is 0 Å². The monoisotopic (exact) mass is 266 g/mol. The normalized spacial score (nSPS) is 10.7. The Labute approximate surface area is 116 Å². The van der Waals surface area contributed by atoms with Gasteiger partial charge in [0.05, 0.1) is 17.6 Å². The predicted molar refractivity (Wildman–Crippen MR) is 78.9 cm³/mol. The molecule has 0 aliphatic rings. The summed E-state index contributed by atoms with van der Waals surface area (Å²) < 4.78 is 2.03. The Balaban J connectivity index is 2.12. The van der Waals surface area contributed by atoms with Gasteiger partial charge in [-0.25, -0.2) is 4.79 Å². The average Bonchev–Trinajstić information content (AvgIpc) is 2.81. The van der Waals surface area contributed by atoms with Gasteiger partial charge in [0.25, 0.3) is 0 Å². The second-order valence-electron chi connectivity index (χ2n) is 4.55. The number of benzene rings is 1. The van der Waals surface area contributed by atoms with Gasteiger partial charge < -0.3 is 10.3 Å². The van der Waals surface area contributed by atoms with Crippen molar-refractivity contribution in [3.05, 3.63) is 55.0 Å². The number of hydrogen-bond donors (Lipinski definition) is 1. The van der Waals surface area contributed by atoms with E-state index in [-0.39, 0.29) is 0 Å². The van der Waals surface area contributed by atoms with Gasteiger partial charge in [-0.2, -0.15) is 0 Å². The highest BCUT2D eigenvalue weighted by atomic mass is 16.2. The summed E-state index contributed by atoms with van der Waals surface area (Å²) in [6.45, 7) is 0. The predicted octanol–water partition coefficient (Wildman–Crippen LogP) is 2.79. The molecule has 3 aromatic rings. The number of aromatic nitrogens is 2. The average molecular weight is 266 g/mol. The van der Waals surface area contributed by atoms with Crippen LogP contribution in [0.5, 0.6) is 0 Å². The molecule has 5 nitrogen and oxygen atoms in total.